The molecule has 0 spiro atoms. The van der Waals surface area contributed by atoms with E-state index in [1.165, 1.54) is 6.07 Å². The Morgan fingerprint density at radius 2 is 2.32 bits per heavy atom. The van der Waals surface area contributed by atoms with E-state index in [9.17, 15) is 9.59 Å². The first-order valence-corrected chi connectivity index (χ1v) is 7.00. The maximum Gasteiger partial charge on any atom is 0.407 e. The first-order valence-electron chi connectivity index (χ1n) is 7.00. The van der Waals surface area contributed by atoms with Crippen molar-refractivity contribution in [3.8, 4) is 5.75 Å². The van der Waals surface area contributed by atoms with Gasteiger partial charge in [-0.05, 0) is 18.2 Å². The number of aromatic amines is 1. The van der Waals surface area contributed by atoms with Gasteiger partial charge in [0.1, 0.15) is 18.5 Å². The summed E-state index contributed by atoms with van der Waals surface area (Å²) in [6, 6.07) is 6.87. The lowest BCUT2D eigenvalue weighted by Crippen LogP contribution is -2.35. The Hall–Kier alpha value is -2.76. The van der Waals surface area contributed by atoms with E-state index in [4.69, 9.17) is 9.47 Å². The standard InChI is InChI=1S/C16H16N2O4/c1-2-7-17-16(20)22-10-8-12-11-3-6-15(19)18-13(11)4-5-14(12)21-9-10/h2-6,10H,1,7-9H2,(H,17,20)(H,18,19). The molecule has 2 N–H and O–H groups in total. The molecule has 0 saturated carbocycles. The van der Waals surface area contributed by atoms with Gasteiger partial charge in [-0.3, -0.25) is 4.79 Å². The number of benzene rings is 1. The van der Waals surface area contributed by atoms with Crippen molar-refractivity contribution in [2.24, 2.45) is 0 Å². The van der Waals surface area contributed by atoms with Crippen LogP contribution in [0.1, 0.15) is 5.56 Å². The molecule has 1 aromatic heterocycles. The van der Waals surface area contributed by atoms with Crippen molar-refractivity contribution < 1.29 is 14.3 Å². The van der Waals surface area contributed by atoms with E-state index < -0.39 is 6.09 Å². The quantitative estimate of drug-likeness (QED) is 0.846. The number of carbonyl (C=O) groups excluding carboxylic acids is 1. The third-order valence-electron chi connectivity index (χ3n) is 3.49. The normalized spacial score (nSPS) is 16.5. The molecule has 1 atom stereocenters. The zero-order chi connectivity index (χ0) is 15.5. The maximum absolute atomic E-state index is 11.6. The lowest BCUT2D eigenvalue weighted by molar-refractivity contribution is 0.0567. The van der Waals surface area contributed by atoms with Crippen molar-refractivity contribution in [2.75, 3.05) is 13.2 Å². The minimum atomic E-state index is -0.495. The van der Waals surface area contributed by atoms with Crippen molar-refractivity contribution in [2.45, 2.75) is 12.5 Å². The van der Waals surface area contributed by atoms with Gasteiger partial charge in [0.05, 0.1) is 0 Å². The van der Waals surface area contributed by atoms with Crippen LogP contribution in [0.15, 0.2) is 41.7 Å². The van der Waals surface area contributed by atoms with Gasteiger partial charge in [0.2, 0.25) is 5.56 Å². The molecule has 1 aromatic carbocycles. The summed E-state index contributed by atoms with van der Waals surface area (Å²) in [7, 11) is 0. The van der Waals surface area contributed by atoms with Gasteiger partial charge in [0.25, 0.3) is 0 Å². The third-order valence-corrected chi connectivity index (χ3v) is 3.49. The van der Waals surface area contributed by atoms with Gasteiger partial charge in [-0.2, -0.15) is 0 Å². The Morgan fingerprint density at radius 3 is 3.14 bits per heavy atom. The average Bonchev–Trinajstić information content (AvgIpc) is 2.52. The van der Waals surface area contributed by atoms with Crippen LogP contribution in [0.4, 0.5) is 4.79 Å². The lowest BCUT2D eigenvalue weighted by atomic mass is 9.99. The molecule has 0 aliphatic carbocycles. The van der Waals surface area contributed by atoms with Crippen LogP contribution in [0.5, 0.6) is 5.75 Å². The summed E-state index contributed by atoms with van der Waals surface area (Å²) in [6.45, 7) is 4.19. The molecule has 22 heavy (non-hydrogen) atoms. The number of carbonyl (C=O) groups is 1. The fourth-order valence-corrected chi connectivity index (χ4v) is 2.52. The molecule has 1 aliphatic rings. The summed E-state index contributed by atoms with van der Waals surface area (Å²) in [5, 5.41) is 3.47. The summed E-state index contributed by atoms with van der Waals surface area (Å²) >= 11 is 0. The summed E-state index contributed by atoms with van der Waals surface area (Å²) in [5.74, 6) is 0.755. The second-order valence-electron chi connectivity index (χ2n) is 5.04. The van der Waals surface area contributed by atoms with Crippen LogP contribution in [0.2, 0.25) is 0 Å². The Bertz CT molecular complexity index is 781. The van der Waals surface area contributed by atoms with E-state index in [1.54, 1.807) is 12.1 Å². The molecule has 1 amide bonds. The predicted molar refractivity (Wildman–Crippen MR) is 82.2 cm³/mol. The summed E-state index contributed by atoms with van der Waals surface area (Å²) in [5.41, 5.74) is 1.52. The zero-order valence-electron chi connectivity index (χ0n) is 11.9. The van der Waals surface area contributed by atoms with Gasteiger partial charge in [-0.15, -0.1) is 6.58 Å². The second kappa shape index (κ2) is 5.93. The molecular weight excluding hydrogens is 284 g/mol. The molecule has 3 rings (SSSR count). The number of hydrogen-bond donors (Lipinski definition) is 2. The highest BCUT2D eigenvalue weighted by Gasteiger charge is 2.24. The van der Waals surface area contributed by atoms with E-state index in [2.05, 4.69) is 16.9 Å². The van der Waals surface area contributed by atoms with Gasteiger partial charge in [0, 0.05) is 35.5 Å². The highest BCUT2D eigenvalue weighted by Crippen LogP contribution is 2.31. The number of ether oxygens (including phenoxy) is 2. The molecule has 0 bridgehead atoms. The number of nitrogens with one attached hydrogen (secondary N) is 2. The largest absolute Gasteiger partial charge is 0.489 e. The van der Waals surface area contributed by atoms with Gasteiger partial charge >= 0.3 is 6.09 Å². The van der Waals surface area contributed by atoms with Crippen molar-refractivity contribution in [3.05, 3.63) is 52.8 Å². The van der Waals surface area contributed by atoms with Gasteiger partial charge < -0.3 is 19.8 Å². The van der Waals surface area contributed by atoms with E-state index in [-0.39, 0.29) is 11.7 Å². The number of H-pyrrole nitrogens is 1. The van der Waals surface area contributed by atoms with E-state index in [0.717, 1.165) is 22.2 Å². The SMILES string of the molecule is C=CCNC(=O)OC1COc2ccc3[nH]c(=O)ccc3c2C1. The molecule has 1 unspecified atom stereocenters. The molecule has 0 radical (unpaired) electrons. The number of hydrogen-bond acceptors (Lipinski definition) is 4. The molecular formula is C16H16N2O4. The summed E-state index contributed by atoms with van der Waals surface area (Å²) in [6.07, 6.45) is 1.26. The monoisotopic (exact) mass is 300 g/mol. The fourth-order valence-electron chi connectivity index (χ4n) is 2.52. The average molecular weight is 300 g/mol. The minimum absolute atomic E-state index is 0.152. The Kier molecular flexibility index (Phi) is 3.82. The van der Waals surface area contributed by atoms with Crippen LogP contribution in [-0.4, -0.2) is 30.3 Å². The minimum Gasteiger partial charge on any atom is -0.489 e. The van der Waals surface area contributed by atoms with Crippen LogP contribution in [0, 0.1) is 0 Å². The van der Waals surface area contributed by atoms with Gasteiger partial charge in [-0.25, -0.2) is 4.79 Å². The number of rotatable bonds is 3. The van der Waals surface area contributed by atoms with Crippen molar-refractivity contribution >= 4 is 17.0 Å². The number of aromatic nitrogens is 1. The molecule has 6 nitrogen and oxygen atoms in total. The number of alkyl carbamates (subject to hydrolysis) is 1. The lowest BCUT2D eigenvalue weighted by Gasteiger charge is -2.26. The van der Waals surface area contributed by atoms with Crippen LogP contribution in [-0.2, 0) is 11.2 Å². The first-order chi connectivity index (χ1) is 10.7. The number of pyridine rings is 1. The third kappa shape index (κ3) is 2.81. The van der Waals surface area contributed by atoms with E-state index >= 15 is 0 Å². The van der Waals surface area contributed by atoms with E-state index in [1.807, 2.05) is 12.1 Å². The van der Waals surface area contributed by atoms with Crippen LogP contribution < -0.4 is 15.6 Å². The highest BCUT2D eigenvalue weighted by atomic mass is 16.6. The second-order valence-corrected chi connectivity index (χ2v) is 5.04. The Morgan fingerprint density at radius 1 is 1.45 bits per heavy atom. The molecule has 6 heteroatoms. The molecule has 0 saturated heterocycles. The zero-order valence-corrected chi connectivity index (χ0v) is 11.9. The summed E-state index contributed by atoms with van der Waals surface area (Å²) < 4.78 is 11.0. The molecule has 1 aliphatic heterocycles. The van der Waals surface area contributed by atoms with Crippen LogP contribution in [0.3, 0.4) is 0 Å². The van der Waals surface area contributed by atoms with Crippen LogP contribution in [0.25, 0.3) is 10.9 Å². The smallest absolute Gasteiger partial charge is 0.407 e. The maximum atomic E-state index is 11.6. The van der Waals surface area contributed by atoms with Crippen molar-refractivity contribution in [1.29, 1.82) is 0 Å². The van der Waals surface area contributed by atoms with E-state index in [0.29, 0.717) is 19.6 Å². The molecule has 2 heterocycles. The highest BCUT2D eigenvalue weighted by molar-refractivity contribution is 5.84. The summed E-state index contributed by atoms with van der Waals surface area (Å²) in [4.78, 5) is 25.8. The van der Waals surface area contributed by atoms with Crippen molar-refractivity contribution in [1.82, 2.24) is 10.3 Å². The molecule has 0 fully saturated rings. The number of fused-ring (bicyclic) bond motifs is 3. The topological polar surface area (TPSA) is 80.4 Å². The Balaban J connectivity index is 1.83. The van der Waals surface area contributed by atoms with Crippen molar-refractivity contribution in [3.63, 3.8) is 0 Å². The fraction of sp³-hybridized carbons (Fsp3) is 0.250. The predicted octanol–water partition coefficient (Wildman–Crippen LogP) is 1.74. The van der Waals surface area contributed by atoms with Gasteiger partial charge in [-0.1, -0.05) is 6.08 Å². The molecule has 114 valence electrons. The first kappa shape index (κ1) is 14.2. The number of amides is 1. The Labute approximate surface area is 126 Å². The molecule has 2 aromatic rings. The van der Waals surface area contributed by atoms with Crippen LogP contribution >= 0.6 is 0 Å². The van der Waals surface area contributed by atoms with Gasteiger partial charge in [0.15, 0.2) is 0 Å².